The van der Waals surface area contributed by atoms with E-state index in [0.717, 1.165) is 11.8 Å². The van der Waals surface area contributed by atoms with Crippen molar-refractivity contribution in [2.24, 2.45) is 0 Å². The van der Waals surface area contributed by atoms with E-state index >= 15 is 0 Å². The van der Waals surface area contributed by atoms with Crippen molar-refractivity contribution in [2.75, 3.05) is 18.2 Å². The molecule has 1 aliphatic rings. The van der Waals surface area contributed by atoms with Crippen molar-refractivity contribution in [2.45, 2.75) is 12.8 Å². The van der Waals surface area contributed by atoms with Crippen LogP contribution in [-0.4, -0.2) is 24.7 Å². The molecule has 1 amide bonds. The first-order valence-electron chi connectivity index (χ1n) is 8.86. The smallest absolute Gasteiger partial charge is 0.316 e. The average Bonchev–Trinajstić information content (AvgIpc) is 3.27. The Balaban J connectivity index is 1.97. The highest BCUT2D eigenvalue weighted by Gasteiger charge is 2.36. The van der Waals surface area contributed by atoms with Crippen LogP contribution in [0.5, 0.6) is 0 Å². The number of methoxy groups -OCH3 is 1. The third-order valence-corrected chi connectivity index (χ3v) is 5.63. The van der Waals surface area contributed by atoms with Crippen LogP contribution in [0.3, 0.4) is 0 Å². The molecule has 30 heavy (non-hydrogen) atoms. The quantitative estimate of drug-likeness (QED) is 0.645. The first-order chi connectivity index (χ1) is 14.4. The number of carbonyl (C=O) groups is 2. The molecule has 154 valence electrons. The third kappa shape index (κ3) is 4.70. The van der Waals surface area contributed by atoms with Crippen molar-refractivity contribution in [3.05, 3.63) is 75.3 Å². The van der Waals surface area contributed by atoms with Crippen molar-refractivity contribution in [3.8, 4) is 6.07 Å². The van der Waals surface area contributed by atoms with E-state index in [2.05, 4.69) is 21.4 Å². The second-order valence-electron chi connectivity index (χ2n) is 6.29. The van der Waals surface area contributed by atoms with E-state index in [4.69, 9.17) is 16.0 Å². The summed E-state index contributed by atoms with van der Waals surface area (Å²) in [6.07, 6.45) is 1.48. The number of dihydropyridines is 1. The van der Waals surface area contributed by atoms with Gasteiger partial charge < -0.3 is 19.8 Å². The Morgan fingerprint density at radius 3 is 2.67 bits per heavy atom. The van der Waals surface area contributed by atoms with Crippen LogP contribution in [-0.2, 0) is 14.3 Å². The molecule has 1 aliphatic heterocycles. The van der Waals surface area contributed by atoms with Gasteiger partial charge in [0.1, 0.15) is 5.76 Å². The van der Waals surface area contributed by atoms with Gasteiger partial charge in [-0.15, -0.1) is 0 Å². The van der Waals surface area contributed by atoms with Gasteiger partial charge in [0.15, 0.2) is 0 Å². The number of allylic oxidation sites excluding steroid dienone is 2. The molecule has 0 fully saturated rings. The maximum absolute atomic E-state index is 13.2. The lowest BCUT2D eigenvalue weighted by atomic mass is 9.85. The Labute approximate surface area is 182 Å². The molecular weight excluding hydrogens is 426 g/mol. The monoisotopic (exact) mass is 443 g/mol. The van der Waals surface area contributed by atoms with E-state index in [1.165, 1.54) is 13.4 Å². The molecule has 9 heteroatoms. The summed E-state index contributed by atoms with van der Waals surface area (Å²) < 4.78 is 10.2. The summed E-state index contributed by atoms with van der Waals surface area (Å²) in [5, 5.41) is 16.8. The first-order valence-corrected chi connectivity index (χ1v) is 10.2. The third-order valence-electron chi connectivity index (χ3n) is 4.38. The van der Waals surface area contributed by atoms with Crippen LogP contribution in [0.2, 0.25) is 5.02 Å². The number of halogens is 1. The van der Waals surface area contributed by atoms with Gasteiger partial charge in [-0.1, -0.05) is 23.4 Å². The number of nitrogens with one attached hydrogen (secondary N) is 2. The highest BCUT2D eigenvalue weighted by atomic mass is 35.5. The molecule has 1 atom stereocenters. The van der Waals surface area contributed by atoms with E-state index in [9.17, 15) is 14.9 Å². The van der Waals surface area contributed by atoms with E-state index in [-0.39, 0.29) is 17.2 Å². The zero-order valence-electron chi connectivity index (χ0n) is 16.2. The standard InChI is InChI=1S/C21H18ClN3O4S/c1-12-18(20(27)25-14-7-5-13(22)6-8-14)19(16-4-3-9-29-16)15(10-23)21(24-12)30-11-17(26)28-2/h3-9,19,24H,11H2,1-2H3,(H,25,27). The molecule has 3 rings (SSSR count). The second-order valence-corrected chi connectivity index (χ2v) is 7.71. The molecule has 1 unspecified atom stereocenters. The number of ether oxygens (including phenoxy) is 1. The number of nitriles is 1. The minimum absolute atomic E-state index is 0.0223. The van der Waals surface area contributed by atoms with Crippen molar-refractivity contribution in [3.63, 3.8) is 0 Å². The number of amides is 1. The number of nitrogens with zero attached hydrogens (tertiary/aromatic N) is 1. The summed E-state index contributed by atoms with van der Waals surface area (Å²) in [5.74, 6) is -1.06. The fraction of sp³-hybridized carbons (Fsp3) is 0.190. The number of thioether (sulfide) groups is 1. The Kier molecular flexibility index (Phi) is 6.87. The van der Waals surface area contributed by atoms with Gasteiger partial charge in [-0.05, 0) is 43.3 Å². The molecule has 0 saturated heterocycles. The highest BCUT2D eigenvalue weighted by Crippen LogP contribution is 2.41. The number of esters is 1. The van der Waals surface area contributed by atoms with Crippen LogP contribution < -0.4 is 10.6 Å². The number of benzene rings is 1. The SMILES string of the molecule is COC(=O)CSC1=C(C#N)C(c2ccco2)C(C(=O)Nc2ccc(Cl)cc2)=C(C)N1. The average molecular weight is 444 g/mol. The van der Waals surface area contributed by atoms with Gasteiger partial charge in [0.2, 0.25) is 0 Å². The molecule has 2 N–H and O–H groups in total. The molecule has 0 radical (unpaired) electrons. The molecule has 0 bridgehead atoms. The molecule has 2 aromatic rings. The number of hydrogen-bond acceptors (Lipinski definition) is 7. The van der Waals surface area contributed by atoms with Crippen LogP contribution >= 0.6 is 23.4 Å². The van der Waals surface area contributed by atoms with Crippen LogP contribution in [0.1, 0.15) is 18.6 Å². The molecule has 1 aromatic carbocycles. The Morgan fingerprint density at radius 1 is 1.33 bits per heavy atom. The zero-order valence-corrected chi connectivity index (χ0v) is 17.8. The predicted molar refractivity (Wildman–Crippen MR) is 114 cm³/mol. The van der Waals surface area contributed by atoms with Gasteiger partial charge >= 0.3 is 5.97 Å². The molecule has 7 nitrogen and oxygen atoms in total. The van der Waals surface area contributed by atoms with Gasteiger partial charge in [0.05, 0.1) is 47.3 Å². The first kappa shape index (κ1) is 21.6. The minimum atomic E-state index is -0.723. The molecule has 0 saturated carbocycles. The Hall–Kier alpha value is -3.15. The molecular formula is C21H18ClN3O4S. The van der Waals surface area contributed by atoms with Crippen molar-refractivity contribution in [1.29, 1.82) is 5.26 Å². The summed E-state index contributed by atoms with van der Waals surface area (Å²) in [7, 11) is 1.30. The number of rotatable bonds is 6. The summed E-state index contributed by atoms with van der Waals surface area (Å²) >= 11 is 7.04. The molecule has 2 heterocycles. The summed E-state index contributed by atoms with van der Waals surface area (Å²) in [6.45, 7) is 1.74. The van der Waals surface area contributed by atoms with E-state index in [1.54, 1.807) is 43.3 Å². The van der Waals surface area contributed by atoms with Crippen LogP contribution in [0.15, 0.2) is 69.0 Å². The van der Waals surface area contributed by atoms with Crippen LogP contribution in [0.4, 0.5) is 5.69 Å². The van der Waals surface area contributed by atoms with Gasteiger partial charge in [-0.25, -0.2) is 0 Å². The van der Waals surface area contributed by atoms with Crippen molar-refractivity contribution in [1.82, 2.24) is 5.32 Å². The van der Waals surface area contributed by atoms with Crippen LogP contribution in [0.25, 0.3) is 0 Å². The van der Waals surface area contributed by atoms with E-state index in [1.807, 2.05) is 0 Å². The Morgan fingerprint density at radius 2 is 2.07 bits per heavy atom. The zero-order chi connectivity index (χ0) is 21.7. The summed E-state index contributed by atoms with van der Waals surface area (Å²) in [5.41, 5.74) is 1.75. The van der Waals surface area contributed by atoms with Crippen molar-refractivity contribution < 1.29 is 18.7 Å². The lowest BCUT2D eigenvalue weighted by molar-refractivity contribution is -0.137. The second kappa shape index (κ2) is 9.57. The summed E-state index contributed by atoms with van der Waals surface area (Å²) in [6, 6.07) is 12.3. The normalized spacial score (nSPS) is 16.0. The molecule has 0 aliphatic carbocycles. The topological polar surface area (TPSA) is 104 Å². The molecule has 1 aromatic heterocycles. The maximum Gasteiger partial charge on any atom is 0.316 e. The van der Waals surface area contributed by atoms with E-state index < -0.39 is 11.9 Å². The van der Waals surface area contributed by atoms with Gasteiger partial charge in [-0.2, -0.15) is 5.26 Å². The highest BCUT2D eigenvalue weighted by molar-refractivity contribution is 8.03. The predicted octanol–water partition coefficient (Wildman–Crippen LogP) is 4.17. The van der Waals surface area contributed by atoms with Gasteiger partial charge in [0, 0.05) is 16.4 Å². The fourth-order valence-corrected chi connectivity index (χ4v) is 4.04. The van der Waals surface area contributed by atoms with Gasteiger partial charge in [0.25, 0.3) is 5.91 Å². The lowest BCUT2D eigenvalue weighted by Gasteiger charge is -2.28. The number of anilines is 1. The molecule has 0 spiro atoms. The number of carbonyl (C=O) groups excluding carboxylic acids is 2. The van der Waals surface area contributed by atoms with Crippen LogP contribution in [0, 0.1) is 11.3 Å². The summed E-state index contributed by atoms with van der Waals surface area (Å²) in [4.78, 5) is 24.7. The number of hydrogen-bond donors (Lipinski definition) is 2. The fourth-order valence-electron chi connectivity index (χ4n) is 2.99. The Bertz CT molecular complexity index is 1050. The minimum Gasteiger partial charge on any atom is -0.468 e. The largest absolute Gasteiger partial charge is 0.468 e. The van der Waals surface area contributed by atoms with Gasteiger partial charge in [-0.3, -0.25) is 9.59 Å². The lowest BCUT2D eigenvalue weighted by Crippen LogP contribution is -2.30. The number of furan rings is 1. The van der Waals surface area contributed by atoms with Crippen molar-refractivity contribution >= 4 is 40.9 Å². The van der Waals surface area contributed by atoms with E-state index in [0.29, 0.717) is 32.8 Å². The maximum atomic E-state index is 13.2.